The van der Waals surface area contributed by atoms with E-state index in [4.69, 9.17) is 4.42 Å². The molecule has 0 aromatic carbocycles. The highest BCUT2D eigenvalue weighted by Gasteiger charge is 2.20. The molecule has 0 aliphatic heterocycles. The summed E-state index contributed by atoms with van der Waals surface area (Å²) in [5.41, 5.74) is 6.37. The topological polar surface area (TPSA) is 104 Å². The van der Waals surface area contributed by atoms with Crippen LogP contribution in [-0.4, -0.2) is 22.6 Å². The van der Waals surface area contributed by atoms with Gasteiger partial charge in [0.1, 0.15) is 5.69 Å². The summed E-state index contributed by atoms with van der Waals surface area (Å²) in [6.45, 7) is 4.81. The van der Waals surface area contributed by atoms with E-state index in [-0.39, 0.29) is 17.2 Å². The van der Waals surface area contributed by atoms with Crippen molar-refractivity contribution in [3.05, 3.63) is 46.7 Å². The molecule has 3 N–H and O–H groups in total. The van der Waals surface area contributed by atoms with Crippen LogP contribution in [-0.2, 0) is 0 Å². The van der Waals surface area contributed by atoms with Crippen molar-refractivity contribution in [3.8, 4) is 0 Å². The number of carbonyl (C=O) groups is 3. The maximum absolute atomic E-state index is 12.0. The molecule has 0 spiro atoms. The van der Waals surface area contributed by atoms with Gasteiger partial charge in [-0.1, -0.05) is 0 Å². The van der Waals surface area contributed by atoms with Gasteiger partial charge in [-0.3, -0.25) is 25.2 Å². The summed E-state index contributed by atoms with van der Waals surface area (Å²) in [5, 5.41) is 0. The lowest BCUT2D eigenvalue weighted by Crippen LogP contribution is -2.41. The summed E-state index contributed by atoms with van der Waals surface area (Å²) < 4.78 is 4.90. The van der Waals surface area contributed by atoms with Crippen LogP contribution in [0.15, 0.2) is 22.8 Å². The Morgan fingerprint density at radius 3 is 2.33 bits per heavy atom. The van der Waals surface area contributed by atoms with E-state index in [9.17, 15) is 14.4 Å². The first kappa shape index (κ1) is 14.6. The maximum Gasteiger partial charge on any atom is 0.305 e. The third-order valence-electron chi connectivity index (χ3n) is 3.05. The van der Waals surface area contributed by atoms with E-state index in [2.05, 4.69) is 15.8 Å². The third kappa shape index (κ3) is 2.86. The molecule has 0 bridgehead atoms. The quantitative estimate of drug-likeness (QED) is 0.588. The van der Waals surface area contributed by atoms with Crippen molar-refractivity contribution in [2.45, 2.75) is 20.8 Å². The lowest BCUT2D eigenvalue weighted by Gasteiger charge is -2.05. The smallest absolute Gasteiger partial charge is 0.305 e. The van der Waals surface area contributed by atoms with E-state index in [1.165, 1.54) is 19.3 Å². The zero-order chi connectivity index (χ0) is 15.6. The molecule has 2 heterocycles. The van der Waals surface area contributed by atoms with E-state index in [1.807, 2.05) is 0 Å². The Morgan fingerprint density at radius 2 is 1.81 bits per heavy atom. The number of ketones is 1. The molecular formula is C14H15N3O4. The van der Waals surface area contributed by atoms with Gasteiger partial charge in [-0.2, -0.15) is 0 Å². The first-order valence-electron chi connectivity index (χ1n) is 6.26. The van der Waals surface area contributed by atoms with Gasteiger partial charge in [0.05, 0.1) is 6.26 Å². The zero-order valence-electron chi connectivity index (χ0n) is 11.9. The van der Waals surface area contributed by atoms with Gasteiger partial charge in [-0.05, 0) is 38.5 Å². The molecular weight excluding hydrogens is 274 g/mol. The van der Waals surface area contributed by atoms with Crippen molar-refractivity contribution < 1.29 is 18.8 Å². The summed E-state index contributed by atoms with van der Waals surface area (Å²) >= 11 is 0. The van der Waals surface area contributed by atoms with Gasteiger partial charge in [0.25, 0.3) is 5.91 Å². The fourth-order valence-electron chi connectivity index (χ4n) is 2.15. The molecule has 0 atom stereocenters. The number of aromatic amines is 1. The average molecular weight is 289 g/mol. The first-order chi connectivity index (χ1) is 9.91. The van der Waals surface area contributed by atoms with Crippen molar-refractivity contribution in [2.75, 3.05) is 0 Å². The Morgan fingerprint density at radius 1 is 1.14 bits per heavy atom. The van der Waals surface area contributed by atoms with Crippen molar-refractivity contribution in [3.63, 3.8) is 0 Å². The maximum atomic E-state index is 12.0. The average Bonchev–Trinajstić information content (AvgIpc) is 3.03. The molecule has 0 radical (unpaired) electrons. The molecule has 0 fully saturated rings. The van der Waals surface area contributed by atoms with Gasteiger partial charge in [-0.25, -0.2) is 0 Å². The number of rotatable bonds is 3. The van der Waals surface area contributed by atoms with Crippen LogP contribution in [0.1, 0.15) is 49.6 Å². The number of hydrogen-bond acceptors (Lipinski definition) is 4. The summed E-state index contributed by atoms with van der Waals surface area (Å²) in [7, 11) is 0. The molecule has 0 aliphatic carbocycles. The molecule has 0 saturated heterocycles. The predicted molar refractivity (Wildman–Crippen MR) is 73.9 cm³/mol. The predicted octanol–water partition coefficient (Wildman–Crippen LogP) is 1.50. The van der Waals surface area contributed by atoms with Crippen molar-refractivity contribution in [2.24, 2.45) is 0 Å². The second-order valence-electron chi connectivity index (χ2n) is 4.57. The number of furan rings is 1. The number of nitrogens with one attached hydrogen (secondary N) is 3. The molecule has 2 amide bonds. The van der Waals surface area contributed by atoms with E-state index in [0.717, 1.165) is 0 Å². The van der Waals surface area contributed by atoms with Crippen LogP contribution in [0, 0.1) is 13.8 Å². The molecule has 0 aliphatic rings. The largest absolute Gasteiger partial charge is 0.459 e. The van der Waals surface area contributed by atoms with Crippen LogP contribution in [0.25, 0.3) is 0 Å². The van der Waals surface area contributed by atoms with Crippen molar-refractivity contribution >= 4 is 17.6 Å². The van der Waals surface area contributed by atoms with Crippen LogP contribution in [0.5, 0.6) is 0 Å². The number of aryl methyl sites for hydroxylation is 1. The molecule has 7 heteroatoms. The minimum absolute atomic E-state index is 0.0825. The number of hydrazine groups is 1. The molecule has 7 nitrogen and oxygen atoms in total. The zero-order valence-corrected chi connectivity index (χ0v) is 11.9. The Labute approximate surface area is 120 Å². The van der Waals surface area contributed by atoms with E-state index < -0.39 is 11.8 Å². The number of H-pyrrole nitrogens is 1. The van der Waals surface area contributed by atoms with Crippen molar-refractivity contribution in [1.82, 2.24) is 15.8 Å². The SMILES string of the molecule is CC(=O)c1c(C)[nH]c(C(=O)NNC(=O)c2ccco2)c1C. The van der Waals surface area contributed by atoms with Crippen LogP contribution in [0.4, 0.5) is 0 Å². The van der Waals surface area contributed by atoms with Gasteiger partial charge in [0.2, 0.25) is 0 Å². The van der Waals surface area contributed by atoms with E-state index >= 15 is 0 Å². The Balaban J connectivity index is 2.09. The highest BCUT2D eigenvalue weighted by Crippen LogP contribution is 2.18. The number of carbonyl (C=O) groups excluding carboxylic acids is 3. The minimum atomic E-state index is -0.568. The monoisotopic (exact) mass is 289 g/mol. The Hall–Kier alpha value is -2.83. The molecule has 2 aromatic rings. The van der Waals surface area contributed by atoms with Gasteiger partial charge < -0.3 is 9.40 Å². The highest BCUT2D eigenvalue weighted by molar-refractivity contribution is 6.03. The standard InChI is InChI=1S/C14H15N3O4/c1-7-11(9(3)18)8(2)15-12(7)14(20)17-16-13(19)10-5-4-6-21-10/h4-6,15H,1-3H3,(H,16,19)(H,17,20). The summed E-state index contributed by atoms with van der Waals surface area (Å²) in [6.07, 6.45) is 1.36. The normalized spacial score (nSPS) is 10.2. The van der Waals surface area contributed by atoms with Gasteiger partial charge in [0, 0.05) is 11.3 Å². The molecule has 110 valence electrons. The third-order valence-corrected chi connectivity index (χ3v) is 3.05. The highest BCUT2D eigenvalue weighted by atomic mass is 16.3. The van der Waals surface area contributed by atoms with Gasteiger partial charge in [-0.15, -0.1) is 0 Å². The second kappa shape index (κ2) is 5.66. The van der Waals surface area contributed by atoms with Crippen LogP contribution >= 0.6 is 0 Å². The number of hydrogen-bond donors (Lipinski definition) is 3. The molecule has 0 unspecified atom stereocenters. The van der Waals surface area contributed by atoms with Crippen LogP contribution < -0.4 is 10.9 Å². The number of amides is 2. The van der Waals surface area contributed by atoms with Crippen LogP contribution in [0.3, 0.4) is 0 Å². The Kier molecular flexibility index (Phi) is 3.93. The molecule has 21 heavy (non-hydrogen) atoms. The van der Waals surface area contributed by atoms with E-state index in [0.29, 0.717) is 16.8 Å². The summed E-state index contributed by atoms with van der Waals surface area (Å²) in [4.78, 5) is 38.0. The minimum Gasteiger partial charge on any atom is -0.459 e. The van der Waals surface area contributed by atoms with Crippen molar-refractivity contribution in [1.29, 1.82) is 0 Å². The van der Waals surface area contributed by atoms with E-state index in [1.54, 1.807) is 19.9 Å². The molecule has 2 rings (SSSR count). The molecule has 0 saturated carbocycles. The van der Waals surface area contributed by atoms with Crippen LogP contribution in [0.2, 0.25) is 0 Å². The summed E-state index contributed by atoms with van der Waals surface area (Å²) in [6, 6.07) is 3.04. The lowest BCUT2D eigenvalue weighted by molar-refractivity contribution is 0.0828. The fourth-order valence-corrected chi connectivity index (χ4v) is 2.15. The second-order valence-corrected chi connectivity index (χ2v) is 4.57. The fraction of sp³-hybridized carbons (Fsp3) is 0.214. The van der Waals surface area contributed by atoms with Gasteiger partial charge >= 0.3 is 5.91 Å². The summed E-state index contributed by atoms with van der Waals surface area (Å²) in [5.74, 6) is -1.15. The lowest BCUT2D eigenvalue weighted by atomic mass is 10.1. The number of Topliss-reactive ketones (excluding diaryl/α,β-unsaturated/α-hetero) is 1. The molecule has 2 aromatic heterocycles. The van der Waals surface area contributed by atoms with Gasteiger partial charge in [0.15, 0.2) is 11.5 Å². The first-order valence-corrected chi connectivity index (χ1v) is 6.26. The number of aromatic nitrogens is 1. The Bertz CT molecular complexity index is 698.